The topological polar surface area (TPSA) is 97.4 Å². The molecule has 1 amide bonds. The van der Waals surface area contributed by atoms with Crippen molar-refractivity contribution in [2.75, 3.05) is 20.3 Å². The van der Waals surface area contributed by atoms with Crippen LogP contribution in [0.15, 0.2) is 53.5 Å². The molecule has 1 aliphatic heterocycles. The van der Waals surface area contributed by atoms with E-state index in [1.165, 1.54) is 13.2 Å². The Labute approximate surface area is 179 Å². The molecule has 0 aliphatic carbocycles. The van der Waals surface area contributed by atoms with E-state index in [1.54, 1.807) is 35.4 Å². The maximum Gasteiger partial charge on any atom is 0.258 e. The van der Waals surface area contributed by atoms with Crippen molar-refractivity contribution in [2.24, 2.45) is 0 Å². The van der Waals surface area contributed by atoms with Crippen molar-refractivity contribution < 1.29 is 14.3 Å². The highest BCUT2D eigenvalue weighted by atomic mass is 16.5. The first-order valence-corrected chi connectivity index (χ1v) is 10.3. The number of aromatic amines is 1. The lowest BCUT2D eigenvalue weighted by Gasteiger charge is -2.25. The van der Waals surface area contributed by atoms with E-state index >= 15 is 0 Å². The number of hydrogen-bond acceptors (Lipinski definition) is 6. The molecule has 1 fully saturated rings. The predicted octanol–water partition coefficient (Wildman–Crippen LogP) is 3.22. The summed E-state index contributed by atoms with van der Waals surface area (Å²) in [5.41, 5.74) is 1.29. The third-order valence-electron chi connectivity index (χ3n) is 5.25. The fraction of sp³-hybridized carbons (Fsp3) is 0.304. The van der Waals surface area contributed by atoms with Crippen LogP contribution in [0, 0.1) is 0 Å². The molecule has 4 rings (SSSR count). The summed E-state index contributed by atoms with van der Waals surface area (Å²) in [5.74, 6) is 1.25. The molecule has 1 aliphatic rings. The van der Waals surface area contributed by atoms with Crippen LogP contribution in [-0.4, -0.2) is 46.0 Å². The number of nitrogens with zero attached hydrogens (tertiary/aromatic N) is 3. The van der Waals surface area contributed by atoms with E-state index in [-0.39, 0.29) is 17.5 Å². The van der Waals surface area contributed by atoms with Crippen LogP contribution >= 0.6 is 0 Å². The fourth-order valence-corrected chi connectivity index (χ4v) is 3.89. The first kappa shape index (κ1) is 20.6. The number of para-hydroxylation sites is 1. The number of carbonyl (C=O) groups excluding carboxylic acids is 1. The number of pyridine rings is 1. The summed E-state index contributed by atoms with van der Waals surface area (Å²) in [6.07, 6.45) is 3.14. The predicted molar refractivity (Wildman–Crippen MR) is 115 cm³/mol. The van der Waals surface area contributed by atoms with Crippen molar-refractivity contribution in [1.29, 1.82) is 0 Å². The Hall–Kier alpha value is -3.68. The SMILES string of the molecule is CCOc1ccccc1C(=O)N1CCC[C@@H]1c1nc(-c2cccnc2OC)cc(=O)[nH]1. The Morgan fingerprint density at radius 1 is 1.26 bits per heavy atom. The zero-order valence-electron chi connectivity index (χ0n) is 17.5. The van der Waals surface area contributed by atoms with Gasteiger partial charge in [0.25, 0.3) is 11.5 Å². The summed E-state index contributed by atoms with van der Waals surface area (Å²) >= 11 is 0. The molecule has 1 N–H and O–H groups in total. The summed E-state index contributed by atoms with van der Waals surface area (Å²) in [5, 5.41) is 0. The van der Waals surface area contributed by atoms with Crippen LogP contribution in [0.4, 0.5) is 0 Å². The summed E-state index contributed by atoms with van der Waals surface area (Å²) in [6, 6.07) is 11.8. The van der Waals surface area contributed by atoms with Crippen LogP contribution in [0.25, 0.3) is 11.3 Å². The van der Waals surface area contributed by atoms with Crippen molar-refractivity contribution in [3.05, 3.63) is 70.4 Å². The molecule has 1 saturated heterocycles. The molecule has 3 heterocycles. The number of ether oxygens (including phenoxy) is 2. The van der Waals surface area contributed by atoms with E-state index < -0.39 is 0 Å². The van der Waals surface area contributed by atoms with Crippen LogP contribution < -0.4 is 15.0 Å². The maximum atomic E-state index is 13.4. The number of likely N-dealkylation sites (tertiary alicyclic amines) is 1. The van der Waals surface area contributed by atoms with Crippen LogP contribution in [0.1, 0.15) is 42.0 Å². The third kappa shape index (κ3) is 4.14. The van der Waals surface area contributed by atoms with Gasteiger partial charge in [0.15, 0.2) is 0 Å². The number of hydrogen-bond donors (Lipinski definition) is 1. The number of benzene rings is 1. The summed E-state index contributed by atoms with van der Waals surface area (Å²) < 4.78 is 11.0. The van der Waals surface area contributed by atoms with Crippen molar-refractivity contribution in [3.63, 3.8) is 0 Å². The van der Waals surface area contributed by atoms with Gasteiger partial charge in [-0.2, -0.15) is 0 Å². The average Bonchev–Trinajstić information content (AvgIpc) is 3.29. The smallest absolute Gasteiger partial charge is 0.258 e. The molecule has 0 unspecified atom stereocenters. The van der Waals surface area contributed by atoms with E-state index in [2.05, 4.69) is 15.0 Å². The lowest BCUT2D eigenvalue weighted by Crippen LogP contribution is -2.32. The lowest BCUT2D eigenvalue weighted by atomic mass is 10.1. The number of H-pyrrole nitrogens is 1. The van der Waals surface area contributed by atoms with Gasteiger partial charge >= 0.3 is 0 Å². The number of methoxy groups -OCH3 is 1. The molecule has 0 spiro atoms. The molecule has 2 aromatic heterocycles. The van der Waals surface area contributed by atoms with Gasteiger partial charge in [0.05, 0.1) is 36.6 Å². The van der Waals surface area contributed by atoms with E-state index in [0.29, 0.717) is 53.8 Å². The molecule has 8 nitrogen and oxygen atoms in total. The maximum absolute atomic E-state index is 13.4. The highest BCUT2D eigenvalue weighted by Gasteiger charge is 2.33. The standard InChI is InChI=1S/C23H24N4O4/c1-3-31-19-11-5-4-8-16(19)23(29)27-13-7-10-18(27)21-25-17(14-20(28)26-21)15-9-6-12-24-22(15)30-2/h4-6,8-9,11-12,14,18H,3,7,10,13H2,1-2H3,(H,25,26,28)/t18-/m1/s1. The second-order valence-corrected chi connectivity index (χ2v) is 7.16. The summed E-state index contributed by atoms with van der Waals surface area (Å²) in [4.78, 5) is 39.2. The minimum atomic E-state index is -0.336. The Balaban J connectivity index is 1.71. The lowest BCUT2D eigenvalue weighted by molar-refractivity contribution is 0.0725. The largest absolute Gasteiger partial charge is 0.493 e. The van der Waals surface area contributed by atoms with E-state index in [4.69, 9.17) is 9.47 Å². The number of amides is 1. The van der Waals surface area contributed by atoms with Crippen LogP contribution in [0.3, 0.4) is 0 Å². The van der Waals surface area contributed by atoms with Gasteiger partial charge in [-0.25, -0.2) is 9.97 Å². The molecule has 8 heteroatoms. The Kier molecular flexibility index (Phi) is 5.97. The van der Waals surface area contributed by atoms with Crippen molar-refractivity contribution >= 4 is 5.91 Å². The van der Waals surface area contributed by atoms with Gasteiger partial charge in [0.2, 0.25) is 5.88 Å². The molecule has 0 radical (unpaired) electrons. The van der Waals surface area contributed by atoms with Crippen LogP contribution in [0.2, 0.25) is 0 Å². The van der Waals surface area contributed by atoms with Gasteiger partial charge in [-0.05, 0) is 44.0 Å². The molecule has 1 atom stereocenters. The molecule has 3 aromatic rings. The molecule has 0 bridgehead atoms. The quantitative estimate of drug-likeness (QED) is 0.658. The van der Waals surface area contributed by atoms with Gasteiger partial charge in [-0.3, -0.25) is 9.59 Å². The Bertz CT molecular complexity index is 1140. The van der Waals surface area contributed by atoms with Gasteiger partial charge in [-0.1, -0.05) is 12.1 Å². The van der Waals surface area contributed by atoms with Gasteiger partial charge in [0.1, 0.15) is 11.6 Å². The number of rotatable bonds is 6. The van der Waals surface area contributed by atoms with Crippen LogP contribution in [0.5, 0.6) is 11.6 Å². The van der Waals surface area contributed by atoms with Crippen molar-refractivity contribution in [1.82, 2.24) is 19.9 Å². The van der Waals surface area contributed by atoms with E-state index in [0.717, 1.165) is 6.42 Å². The average molecular weight is 420 g/mol. The third-order valence-corrected chi connectivity index (χ3v) is 5.25. The minimum Gasteiger partial charge on any atom is -0.493 e. The Morgan fingerprint density at radius 3 is 2.90 bits per heavy atom. The van der Waals surface area contributed by atoms with Gasteiger partial charge in [-0.15, -0.1) is 0 Å². The summed E-state index contributed by atoms with van der Waals surface area (Å²) in [6.45, 7) is 2.93. The molecular formula is C23H24N4O4. The first-order chi connectivity index (χ1) is 15.1. The molecule has 0 saturated carbocycles. The summed E-state index contributed by atoms with van der Waals surface area (Å²) in [7, 11) is 1.52. The number of nitrogens with one attached hydrogen (secondary N) is 1. The van der Waals surface area contributed by atoms with Gasteiger partial charge in [0, 0.05) is 18.8 Å². The molecular weight excluding hydrogens is 396 g/mol. The second-order valence-electron chi connectivity index (χ2n) is 7.16. The monoisotopic (exact) mass is 420 g/mol. The van der Waals surface area contributed by atoms with E-state index in [1.807, 2.05) is 19.1 Å². The number of carbonyl (C=O) groups is 1. The van der Waals surface area contributed by atoms with Crippen LogP contribution in [-0.2, 0) is 0 Å². The van der Waals surface area contributed by atoms with Crippen molar-refractivity contribution in [3.8, 4) is 22.9 Å². The van der Waals surface area contributed by atoms with E-state index in [9.17, 15) is 9.59 Å². The highest BCUT2D eigenvalue weighted by molar-refractivity contribution is 5.97. The fourth-order valence-electron chi connectivity index (χ4n) is 3.89. The highest BCUT2D eigenvalue weighted by Crippen LogP contribution is 2.34. The van der Waals surface area contributed by atoms with Crippen molar-refractivity contribution in [2.45, 2.75) is 25.8 Å². The number of aromatic nitrogens is 3. The Morgan fingerprint density at radius 2 is 2.10 bits per heavy atom. The molecule has 1 aromatic carbocycles. The van der Waals surface area contributed by atoms with Gasteiger partial charge < -0.3 is 19.4 Å². The second kappa shape index (κ2) is 8.99. The molecule has 160 valence electrons. The zero-order chi connectivity index (χ0) is 21.8. The minimum absolute atomic E-state index is 0.140. The zero-order valence-corrected chi connectivity index (χ0v) is 17.5. The normalized spacial score (nSPS) is 15.7. The molecule has 31 heavy (non-hydrogen) atoms. The first-order valence-electron chi connectivity index (χ1n) is 10.3.